The van der Waals surface area contributed by atoms with Gasteiger partial charge in [-0.2, -0.15) is 0 Å². The number of piperidine rings is 1. The van der Waals surface area contributed by atoms with E-state index in [-0.39, 0.29) is 5.91 Å². The first-order valence-electron chi connectivity index (χ1n) is 13.4. The number of amides is 1. The Morgan fingerprint density at radius 1 is 1.06 bits per heavy atom. The summed E-state index contributed by atoms with van der Waals surface area (Å²) in [6, 6.07) is 8.36. The lowest BCUT2D eigenvalue weighted by atomic mass is 9.75. The van der Waals surface area contributed by atoms with Gasteiger partial charge in [0.25, 0.3) is 0 Å². The first kappa shape index (κ1) is 24.5. The molecule has 0 spiro atoms. The van der Waals surface area contributed by atoms with Gasteiger partial charge in [-0.25, -0.2) is 0 Å². The first-order valence-corrected chi connectivity index (χ1v) is 14.4. The number of ether oxygens (including phenoxy) is 1. The number of hydrogen-bond donors (Lipinski definition) is 1. The van der Waals surface area contributed by atoms with Crippen molar-refractivity contribution in [2.45, 2.75) is 82.0 Å². The molecular formula is C27H39N5O2S. The molecule has 2 atom stereocenters. The monoisotopic (exact) mass is 497 g/mol. The van der Waals surface area contributed by atoms with E-state index in [1.54, 1.807) is 18.9 Å². The van der Waals surface area contributed by atoms with Crippen LogP contribution in [0.1, 0.15) is 76.1 Å². The summed E-state index contributed by atoms with van der Waals surface area (Å²) >= 11 is 1.57. The number of carbonyl (C=O) groups excluding carboxylic acids is 1. The Kier molecular flexibility index (Phi) is 8.16. The number of nitrogens with one attached hydrogen (secondary N) is 1. The summed E-state index contributed by atoms with van der Waals surface area (Å²) in [4.78, 5) is 15.3. The van der Waals surface area contributed by atoms with Crippen LogP contribution in [0.5, 0.6) is 5.75 Å². The maximum Gasteiger partial charge on any atom is 0.233 e. The van der Waals surface area contributed by atoms with Crippen molar-refractivity contribution < 1.29 is 9.53 Å². The van der Waals surface area contributed by atoms with Crippen LogP contribution in [0.4, 0.5) is 5.69 Å². The molecule has 35 heavy (non-hydrogen) atoms. The van der Waals surface area contributed by atoms with Crippen LogP contribution in [0.3, 0.4) is 0 Å². The third kappa shape index (κ3) is 5.96. The fourth-order valence-corrected chi connectivity index (χ4v) is 7.12. The van der Waals surface area contributed by atoms with Crippen molar-refractivity contribution in [1.29, 1.82) is 0 Å². The average molecular weight is 498 g/mol. The SMILES string of the molecule is COc1cccc(NCc2nnc(SCC(=O)N3CC[C@H]4CCCC[C@@H]4C3)n2C2CCCCC2)c1. The third-order valence-corrected chi connectivity index (χ3v) is 9.09. The van der Waals surface area contributed by atoms with E-state index in [0.29, 0.717) is 24.3 Å². The molecule has 1 aromatic carbocycles. The number of aromatic nitrogens is 3. The minimum Gasteiger partial charge on any atom is -0.497 e. The van der Waals surface area contributed by atoms with Crippen molar-refractivity contribution in [1.82, 2.24) is 19.7 Å². The summed E-state index contributed by atoms with van der Waals surface area (Å²) in [5.74, 6) is 4.04. The normalized spacial score (nSPS) is 23.1. The second-order valence-corrected chi connectivity index (χ2v) is 11.3. The molecule has 1 amide bonds. The summed E-state index contributed by atoms with van der Waals surface area (Å²) in [5, 5.41) is 13.5. The van der Waals surface area contributed by atoms with Crippen LogP contribution in [-0.4, -0.2) is 51.5 Å². The minimum atomic E-state index is 0.258. The molecule has 1 aromatic heterocycles. The highest BCUT2D eigenvalue weighted by Crippen LogP contribution is 2.37. The molecule has 2 heterocycles. The van der Waals surface area contributed by atoms with Gasteiger partial charge in [0, 0.05) is 30.9 Å². The number of nitrogens with zero attached hydrogens (tertiary/aromatic N) is 4. The number of rotatable bonds is 8. The van der Waals surface area contributed by atoms with Crippen LogP contribution >= 0.6 is 11.8 Å². The fourth-order valence-electron chi connectivity index (χ4n) is 6.19. The predicted octanol–water partition coefficient (Wildman–Crippen LogP) is 5.53. The van der Waals surface area contributed by atoms with Gasteiger partial charge >= 0.3 is 0 Å². The Morgan fingerprint density at radius 2 is 1.86 bits per heavy atom. The largest absolute Gasteiger partial charge is 0.497 e. The molecule has 0 bridgehead atoms. The number of carbonyl (C=O) groups is 1. The van der Waals surface area contributed by atoms with Crippen LogP contribution in [0, 0.1) is 11.8 Å². The van der Waals surface area contributed by atoms with Gasteiger partial charge in [-0.15, -0.1) is 10.2 Å². The second-order valence-electron chi connectivity index (χ2n) is 10.4. The second kappa shape index (κ2) is 11.7. The molecule has 7 nitrogen and oxygen atoms in total. The van der Waals surface area contributed by atoms with Gasteiger partial charge in [-0.05, 0) is 49.7 Å². The summed E-state index contributed by atoms with van der Waals surface area (Å²) in [5.41, 5.74) is 0.998. The van der Waals surface area contributed by atoms with Crippen LogP contribution in [0.2, 0.25) is 0 Å². The summed E-state index contributed by atoms with van der Waals surface area (Å²) < 4.78 is 7.67. The molecular weight excluding hydrogens is 458 g/mol. The molecule has 2 aliphatic carbocycles. The lowest BCUT2D eigenvalue weighted by molar-refractivity contribution is -0.131. The summed E-state index contributed by atoms with van der Waals surface area (Å²) in [6.45, 7) is 2.47. The molecule has 2 saturated carbocycles. The van der Waals surface area contributed by atoms with Gasteiger partial charge in [0.05, 0.1) is 19.4 Å². The van der Waals surface area contributed by atoms with Crippen molar-refractivity contribution in [2.24, 2.45) is 11.8 Å². The molecule has 8 heteroatoms. The van der Waals surface area contributed by atoms with Gasteiger partial charge in [0.1, 0.15) is 5.75 Å². The van der Waals surface area contributed by atoms with Crippen molar-refractivity contribution in [3.63, 3.8) is 0 Å². The maximum atomic E-state index is 13.1. The molecule has 3 fully saturated rings. The zero-order valence-corrected chi connectivity index (χ0v) is 21.8. The average Bonchev–Trinajstić information content (AvgIpc) is 3.33. The number of likely N-dealkylation sites (tertiary alicyclic amines) is 1. The van der Waals surface area contributed by atoms with E-state index in [1.165, 1.54) is 51.4 Å². The third-order valence-electron chi connectivity index (χ3n) is 8.16. The van der Waals surface area contributed by atoms with Gasteiger partial charge in [-0.1, -0.05) is 56.4 Å². The molecule has 190 valence electrons. The standard InChI is InChI=1S/C27H39N5O2S/c1-34-24-13-7-10-22(16-24)28-17-25-29-30-27(32(25)23-11-3-2-4-12-23)35-19-26(33)31-15-14-20-8-5-6-9-21(20)18-31/h7,10,13,16,20-21,23,28H,2-6,8-9,11-12,14-15,17-19H2,1H3/t20-,21-/m1/s1. The highest BCUT2D eigenvalue weighted by Gasteiger charge is 2.33. The van der Waals surface area contributed by atoms with Crippen molar-refractivity contribution >= 4 is 23.4 Å². The number of hydrogen-bond acceptors (Lipinski definition) is 6. The van der Waals surface area contributed by atoms with E-state index < -0.39 is 0 Å². The lowest BCUT2D eigenvalue weighted by Crippen LogP contribution is -2.45. The Labute approximate surface area is 213 Å². The fraction of sp³-hybridized carbons (Fsp3) is 0.667. The van der Waals surface area contributed by atoms with Crippen molar-refractivity contribution in [3.05, 3.63) is 30.1 Å². The van der Waals surface area contributed by atoms with E-state index in [2.05, 4.69) is 25.0 Å². The topological polar surface area (TPSA) is 72.3 Å². The highest BCUT2D eigenvalue weighted by molar-refractivity contribution is 7.99. The molecule has 1 N–H and O–H groups in total. The first-order chi connectivity index (χ1) is 17.2. The van der Waals surface area contributed by atoms with Crippen LogP contribution < -0.4 is 10.1 Å². The summed E-state index contributed by atoms with van der Waals surface area (Å²) in [7, 11) is 1.68. The zero-order chi connectivity index (χ0) is 24.0. The lowest BCUT2D eigenvalue weighted by Gasteiger charge is -2.41. The van der Waals surface area contributed by atoms with Crippen LogP contribution in [0.15, 0.2) is 29.4 Å². The molecule has 2 aromatic rings. The van der Waals surface area contributed by atoms with E-state index in [1.807, 2.05) is 24.3 Å². The van der Waals surface area contributed by atoms with Crippen molar-refractivity contribution in [2.75, 3.05) is 31.3 Å². The van der Waals surface area contributed by atoms with Crippen molar-refractivity contribution in [3.8, 4) is 5.75 Å². The minimum absolute atomic E-state index is 0.258. The molecule has 5 rings (SSSR count). The van der Waals surface area contributed by atoms with Gasteiger partial charge in [-0.3, -0.25) is 4.79 Å². The van der Waals surface area contributed by atoms with Crippen LogP contribution in [-0.2, 0) is 11.3 Å². The quantitative estimate of drug-likeness (QED) is 0.483. The molecule has 1 aliphatic heterocycles. The molecule has 0 unspecified atom stereocenters. The Bertz CT molecular complexity index is 990. The maximum absolute atomic E-state index is 13.1. The number of thioether (sulfide) groups is 1. The predicted molar refractivity (Wildman–Crippen MR) is 140 cm³/mol. The van der Waals surface area contributed by atoms with E-state index in [9.17, 15) is 4.79 Å². The Morgan fingerprint density at radius 3 is 2.69 bits per heavy atom. The Balaban J connectivity index is 1.24. The zero-order valence-electron chi connectivity index (χ0n) is 21.0. The highest BCUT2D eigenvalue weighted by atomic mass is 32.2. The number of fused-ring (bicyclic) bond motifs is 1. The van der Waals surface area contributed by atoms with Gasteiger partial charge in [0.15, 0.2) is 11.0 Å². The smallest absolute Gasteiger partial charge is 0.233 e. The Hall–Kier alpha value is -2.22. The number of benzene rings is 1. The van der Waals surface area contributed by atoms with E-state index in [0.717, 1.165) is 54.3 Å². The number of methoxy groups -OCH3 is 1. The molecule has 0 radical (unpaired) electrons. The molecule has 1 saturated heterocycles. The van der Waals surface area contributed by atoms with Crippen LogP contribution in [0.25, 0.3) is 0 Å². The van der Waals surface area contributed by atoms with E-state index >= 15 is 0 Å². The number of anilines is 1. The van der Waals surface area contributed by atoms with Gasteiger partial charge < -0.3 is 19.5 Å². The summed E-state index contributed by atoms with van der Waals surface area (Å²) in [6.07, 6.45) is 12.6. The van der Waals surface area contributed by atoms with Gasteiger partial charge in [0.2, 0.25) is 5.91 Å². The van der Waals surface area contributed by atoms with E-state index in [4.69, 9.17) is 4.74 Å². The molecule has 3 aliphatic rings.